The third-order valence-electron chi connectivity index (χ3n) is 5.11. The van der Waals surface area contributed by atoms with E-state index >= 15 is 0 Å². The molecule has 0 aromatic heterocycles. The van der Waals surface area contributed by atoms with Crippen molar-refractivity contribution in [2.45, 2.75) is 45.2 Å². The standard InChI is InChI=1S/C18H29N3/c1-3-18(19-4-2)15-7-9-16(10-8-15)21-13-12-20-11-5-6-17(20)14-21/h7-10,17-19H,3-6,11-14H2,1-2H3. The Morgan fingerprint density at radius 3 is 2.67 bits per heavy atom. The van der Waals surface area contributed by atoms with E-state index in [1.165, 1.54) is 50.3 Å². The van der Waals surface area contributed by atoms with Crippen molar-refractivity contribution in [3.63, 3.8) is 0 Å². The van der Waals surface area contributed by atoms with Gasteiger partial charge < -0.3 is 10.2 Å². The summed E-state index contributed by atoms with van der Waals surface area (Å²) in [4.78, 5) is 5.24. The Balaban J connectivity index is 1.66. The highest BCUT2D eigenvalue weighted by atomic mass is 15.3. The molecule has 0 aliphatic carbocycles. The molecule has 0 bridgehead atoms. The van der Waals surface area contributed by atoms with Crippen molar-refractivity contribution in [3.8, 4) is 0 Å². The molecule has 1 N–H and O–H groups in total. The second-order valence-electron chi connectivity index (χ2n) is 6.39. The second kappa shape index (κ2) is 6.80. The molecule has 2 aliphatic heterocycles. The molecule has 1 aromatic carbocycles. The molecule has 0 amide bonds. The van der Waals surface area contributed by atoms with Gasteiger partial charge in [0.1, 0.15) is 0 Å². The van der Waals surface area contributed by atoms with E-state index < -0.39 is 0 Å². The molecule has 0 spiro atoms. The third-order valence-corrected chi connectivity index (χ3v) is 5.11. The van der Waals surface area contributed by atoms with Crippen LogP contribution in [0.3, 0.4) is 0 Å². The van der Waals surface area contributed by atoms with E-state index in [2.05, 4.69) is 53.2 Å². The predicted octanol–water partition coefficient (Wildman–Crippen LogP) is 3.03. The number of nitrogens with zero attached hydrogens (tertiary/aromatic N) is 2. The average Bonchev–Trinajstić information content (AvgIpc) is 3.00. The lowest BCUT2D eigenvalue weighted by Gasteiger charge is -2.39. The van der Waals surface area contributed by atoms with Gasteiger partial charge in [-0.05, 0) is 50.0 Å². The summed E-state index contributed by atoms with van der Waals surface area (Å²) >= 11 is 0. The van der Waals surface area contributed by atoms with E-state index in [0.717, 1.165) is 19.0 Å². The van der Waals surface area contributed by atoms with Gasteiger partial charge >= 0.3 is 0 Å². The maximum Gasteiger partial charge on any atom is 0.0367 e. The van der Waals surface area contributed by atoms with Gasteiger partial charge in [0, 0.05) is 37.4 Å². The number of fused-ring (bicyclic) bond motifs is 1. The molecule has 2 saturated heterocycles. The molecule has 3 nitrogen and oxygen atoms in total. The van der Waals surface area contributed by atoms with Crippen LogP contribution in [0, 0.1) is 0 Å². The first-order valence-electron chi connectivity index (χ1n) is 8.64. The van der Waals surface area contributed by atoms with Crippen molar-refractivity contribution in [1.29, 1.82) is 0 Å². The molecule has 2 fully saturated rings. The SMILES string of the molecule is CCNC(CC)c1ccc(N2CCN3CCCC3C2)cc1. The molecule has 1 aromatic rings. The van der Waals surface area contributed by atoms with Crippen molar-refractivity contribution in [2.75, 3.05) is 37.6 Å². The zero-order valence-electron chi connectivity index (χ0n) is 13.5. The van der Waals surface area contributed by atoms with Crippen LogP contribution in [0.15, 0.2) is 24.3 Å². The Hall–Kier alpha value is -1.06. The topological polar surface area (TPSA) is 18.5 Å². The van der Waals surface area contributed by atoms with E-state index in [1.807, 2.05) is 0 Å². The molecule has 2 unspecified atom stereocenters. The van der Waals surface area contributed by atoms with Gasteiger partial charge in [0.25, 0.3) is 0 Å². The Morgan fingerprint density at radius 1 is 1.14 bits per heavy atom. The maximum atomic E-state index is 3.56. The molecule has 116 valence electrons. The summed E-state index contributed by atoms with van der Waals surface area (Å²) in [5, 5.41) is 3.56. The number of benzene rings is 1. The van der Waals surface area contributed by atoms with Gasteiger partial charge in [-0.1, -0.05) is 26.0 Å². The summed E-state index contributed by atoms with van der Waals surface area (Å²) in [7, 11) is 0. The van der Waals surface area contributed by atoms with Gasteiger partial charge in [-0.15, -0.1) is 0 Å². The fourth-order valence-electron chi connectivity index (χ4n) is 3.89. The van der Waals surface area contributed by atoms with Crippen molar-refractivity contribution in [1.82, 2.24) is 10.2 Å². The van der Waals surface area contributed by atoms with Crippen molar-refractivity contribution in [3.05, 3.63) is 29.8 Å². The van der Waals surface area contributed by atoms with Gasteiger partial charge in [0.05, 0.1) is 0 Å². The number of piperazine rings is 1. The fourth-order valence-corrected chi connectivity index (χ4v) is 3.89. The molecule has 2 aliphatic rings. The summed E-state index contributed by atoms with van der Waals surface area (Å²) in [6, 6.07) is 10.6. The van der Waals surface area contributed by atoms with Crippen LogP contribution in [0.5, 0.6) is 0 Å². The van der Waals surface area contributed by atoms with Crippen LogP contribution < -0.4 is 10.2 Å². The predicted molar refractivity (Wildman–Crippen MR) is 90.0 cm³/mol. The highest BCUT2D eigenvalue weighted by Gasteiger charge is 2.30. The third kappa shape index (κ3) is 3.24. The fraction of sp³-hybridized carbons (Fsp3) is 0.667. The normalized spacial score (nSPS) is 24.1. The van der Waals surface area contributed by atoms with Crippen molar-refractivity contribution in [2.24, 2.45) is 0 Å². The highest BCUT2D eigenvalue weighted by Crippen LogP contribution is 2.26. The first-order chi connectivity index (χ1) is 10.3. The summed E-state index contributed by atoms with van der Waals surface area (Å²) in [5.74, 6) is 0. The first kappa shape index (κ1) is 14.9. The zero-order valence-corrected chi connectivity index (χ0v) is 13.5. The lowest BCUT2D eigenvalue weighted by Crippen LogP contribution is -2.50. The van der Waals surface area contributed by atoms with Gasteiger partial charge in [-0.25, -0.2) is 0 Å². The summed E-state index contributed by atoms with van der Waals surface area (Å²) in [5.41, 5.74) is 2.82. The Labute approximate surface area is 129 Å². The van der Waals surface area contributed by atoms with Crippen LogP contribution in [0.2, 0.25) is 0 Å². The molecule has 2 heterocycles. The van der Waals surface area contributed by atoms with Crippen LogP contribution in [0.4, 0.5) is 5.69 Å². The molecule has 3 heteroatoms. The van der Waals surface area contributed by atoms with Crippen LogP contribution in [0.25, 0.3) is 0 Å². The van der Waals surface area contributed by atoms with Gasteiger partial charge in [-0.3, -0.25) is 4.90 Å². The van der Waals surface area contributed by atoms with Crippen LogP contribution in [-0.4, -0.2) is 43.7 Å². The minimum atomic E-state index is 0.496. The summed E-state index contributed by atoms with van der Waals surface area (Å²) < 4.78 is 0. The smallest absolute Gasteiger partial charge is 0.0367 e. The Morgan fingerprint density at radius 2 is 1.95 bits per heavy atom. The Bertz CT molecular complexity index is 442. The largest absolute Gasteiger partial charge is 0.369 e. The van der Waals surface area contributed by atoms with Crippen LogP contribution >= 0.6 is 0 Å². The van der Waals surface area contributed by atoms with Crippen LogP contribution in [0.1, 0.15) is 44.7 Å². The van der Waals surface area contributed by atoms with E-state index in [4.69, 9.17) is 0 Å². The van der Waals surface area contributed by atoms with Gasteiger partial charge in [-0.2, -0.15) is 0 Å². The number of nitrogens with one attached hydrogen (secondary N) is 1. The summed E-state index contributed by atoms with van der Waals surface area (Å²) in [6.45, 7) is 10.4. The quantitative estimate of drug-likeness (QED) is 0.898. The number of anilines is 1. The lowest BCUT2D eigenvalue weighted by molar-refractivity contribution is 0.231. The van der Waals surface area contributed by atoms with Gasteiger partial charge in [0.15, 0.2) is 0 Å². The zero-order chi connectivity index (χ0) is 14.7. The van der Waals surface area contributed by atoms with E-state index in [0.29, 0.717) is 6.04 Å². The minimum absolute atomic E-state index is 0.496. The highest BCUT2D eigenvalue weighted by molar-refractivity contribution is 5.48. The minimum Gasteiger partial charge on any atom is -0.369 e. The van der Waals surface area contributed by atoms with E-state index in [1.54, 1.807) is 0 Å². The van der Waals surface area contributed by atoms with Gasteiger partial charge in [0.2, 0.25) is 0 Å². The molecule has 0 saturated carbocycles. The number of hydrogen-bond donors (Lipinski definition) is 1. The molecular weight excluding hydrogens is 258 g/mol. The number of rotatable bonds is 5. The average molecular weight is 287 g/mol. The van der Waals surface area contributed by atoms with Crippen LogP contribution in [-0.2, 0) is 0 Å². The van der Waals surface area contributed by atoms with Crippen molar-refractivity contribution >= 4 is 5.69 Å². The number of hydrogen-bond acceptors (Lipinski definition) is 3. The lowest BCUT2D eigenvalue weighted by atomic mass is 10.0. The molecule has 21 heavy (non-hydrogen) atoms. The maximum absolute atomic E-state index is 3.56. The summed E-state index contributed by atoms with van der Waals surface area (Å²) in [6.07, 6.45) is 3.92. The molecular formula is C18H29N3. The van der Waals surface area contributed by atoms with E-state index in [9.17, 15) is 0 Å². The first-order valence-corrected chi connectivity index (χ1v) is 8.64. The van der Waals surface area contributed by atoms with Crippen molar-refractivity contribution < 1.29 is 0 Å². The molecule has 0 radical (unpaired) electrons. The molecule has 2 atom stereocenters. The monoisotopic (exact) mass is 287 g/mol. The molecule has 3 rings (SSSR count). The van der Waals surface area contributed by atoms with E-state index in [-0.39, 0.29) is 0 Å². The second-order valence-corrected chi connectivity index (χ2v) is 6.39. The Kier molecular flexibility index (Phi) is 4.81.